The van der Waals surface area contributed by atoms with Crippen LogP contribution >= 0.6 is 27.5 Å². The van der Waals surface area contributed by atoms with Gasteiger partial charge < -0.3 is 0 Å². The topological polar surface area (TPSA) is 30.7 Å². The number of nitrogens with zero attached hydrogens (tertiary/aromatic N) is 3. The molecule has 2 aromatic rings. The predicted octanol–water partition coefficient (Wildman–Crippen LogP) is 3.30. The smallest absolute Gasteiger partial charge is 0.229 e. The average molecular weight is 287 g/mol. The van der Waals surface area contributed by atoms with Crippen LogP contribution in [0.3, 0.4) is 0 Å². The van der Waals surface area contributed by atoms with Crippen molar-refractivity contribution >= 4 is 27.5 Å². The molecule has 0 aliphatic rings. The lowest BCUT2D eigenvalue weighted by atomic mass is 10.2. The Labute approximate surface area is 101 Å². The van der Waals surface area contributed by atoms with Crippen molar-refractivity contribution in [2.45, 2.75) is 13.8 Å². The van der Waals surface area contributed by atoms with Gasteiger partial charge in [0.1, 0.15) is 5.82 Å². The van der Waals surface area contributed by atoms with Gasteiger partial charge in [0.2, 0.25) is 5.28 Å². The highest BCUT2D eigenvalue weighted by Gasteiger charge is 2.10. The SMILES string of the molecule is Cc1cc(Br)ccc1-n1c(C)nnc1Cl. The Bertz CT molecular complexity index is 488. The Kier molecular flexibility index (Phi) is 2.80. The van der Waals surface area contributed by atoms with Crippen LogP contribution in [0.2, 0.25) is 5.28 Å². The summed E-state index contributed by atoms with van der Waals surface area (Å²) >= 11 is 9.39. The lowest BCUT2D eigenvalue weighted by molar-refractivity contribution is 0.960. The molecule has 1 aromatic carbocycles. The molecule has 0 spiro atoms. The molecule has 5 heteroatoms. The lowest BCUT2D eigenvalue weighted by Crippen LogP contribution is -1.99. The van der Waals surface area contributed by atoms with E-state index in [1.54, 1.807) is 0 Å². The summed E-state index contributed by atoms with van der Waals surface area (Å²) in [5, 5.41) is 8.14. The van der Waals surface area contributed by atoms with E-state index in [1.807, 2.05) is 36.6 Å². The summed E-state index contributed by atoms with van der Waals surface area (Å²) in [7, 11) is 0. The number of hydrogen-bond acceptors (Lipinski definition) is 2. The number of aryl methyl sites for hydroxylation is 2. The summed E-state index contributed by atoms with van der Waals surface area (Å²) in [6.45, 7) is 3.90. The zero-order valence-corrected chi connectivity index (χ0v) is 10.7. The zero-order valence-electron chi connectivity index (χ0n) is 8.33. The standard InChI is InChI=1S/C10H9BrClN3/c1-6-5-8(11)3-4-9(6)15-7(2)13-14-10(15)12/h3-5H,1-2H3. The van der Waals surface area contributed by atoms with Crippen molar-refractivity contribution in [1.29, 1.82) is 0 Å². The van der Waals surface area contributed by atoms with Crippen molar-refractivity contribution in [1.82, 2.24) is 14.8 Å². The van der Waals surface area contributed by atoms with Gasteiger partial charge in [0.05, 0.1) is 5.69 Å². The van der Waals surface area contributed by atoms with Crippen molar-refractivity contribution in [2.75, 3.05) is 0 Å². The Morgan fingerprint density at radius 2 is 2.00 bits per heavy atom. The molecule has 15 heavy (non-hydrogen) atoms. The molecule has 0 saturated carbocycles. The maximum Gasteiger partial charge on any atom is 0.229 e. The number of aromatic nitrogens is 3. The van der Waals surface area contributed by atoms with E-state index in [0.717, 1.165) is 21.5 Å². The first kappa shape index (κ1) is 10.6. The van der Waals surface area contributed by atoms with Gasteiger partial charge in [0.25, 0.3) is 0 Å². The monoisotopic (exact) mass is 285 g/mol. The van der Waals surface area contributed by atoms with E-state index in [1.165, 1.54) is 0 Å². The van der Waals surface area contributed by atoms with E-state index < -0.39 is 0 Å². The van der Waals surface area contributed by atoms with Gasteiger partial charge in [0.15, 0.2) is 0 Å². The van der Waals surface area contributed by atoms with E-state index in [9.17, 15) is 0 Å². The minimum absolute atomic E-state index is 0.387. The van der Waals surface area contributed by atoms with Crippen molar-refractivity contribution in [2.24, 2.45) is 0 Å². The highest BCUT2D eigenvalue weighted by atomic mass is 79.9. The largest absolute Gasteiger partial charge is 0.270 e. The fourth-order valence-corrected chi connectivity index (χ4v) is 2.21. The quantitative estimate of drug-likeness (QED) is 0.805. The van der Waals surface area contributed by atoms with Gasteiger partial charge in [-0.1, -0.05) is 15.9 Å². The Balaban J connectivity index is 2.64. The van der Waals surface area contributed by atoms with Gasteiger partial charge in [-0.2, -0.15) is 0 Å². The van der Waals surface area contributed by atoms with Crippen LogP contribution in [0.25, 0.3) is 5.69 Å². The first-order valence-electron chi connectivity index (χ1n) is 4.43. The van der Waals surface area contributed by atoms with Crippen molar-refractivity contribution in [3.63, 3.8) is 0 Å². The summed E-state index contributed by atoms with van der Waals surface area (Å²) in [6.07, 6.45) is 0. The normalized spacial score (nSPS) is 10.7. The third-order valence-corrected chi connectivity index (χ3v) is 2.92. The molecule has 0 aliphatic carbocycles. The molecule has 0 unspecified atom stereocenters. The minimum atomic E-state index is 0.387. The minimum Gasteiger partial charge on any atom is -0.270 e. The third-order valence-electron chi connectivity index (χ3n) is 2.19. The average Bonchev–Trinajstić information content (AvgIpc) is 2.48. The lowest BCUT2D eigenvalue weighted by Gasteiger charge is -2.09. The van der Waals surface area contributed by atoms with Crippen LogP contribution in [0.4, 0.5) is 0 Å². The molecule has 0 N–H and O–H groups in total. The molecular formula is C10H9BrClN3. The molecular weight excluding hydrogens is 277 g/mol. The van der Waals surface area contributed by atoms with E-state index in [0.29, 0.717) is 5.28 Å². The maximum atomic E-state index is 5.97. The van der Waals surface area contributed by atoms with Crippen LogP contribution in [0.15, 0.2) is 22.7 Å². The molecule has 78 valence electrons. The molecule has 1 aromatic heterocycles. The van der Waals surface area contributed by atoms with E-state index in [2.05, 4.69) is 26.1 Å². The Hall–Kier alpha value is -0.870. The molecule has 0 saturated heterocycles. The summed E-state index contributed by atoms with van der Waals surface area (Å²) in [6, 6.07) is 5.99. The van der Waals surface area contributed by atoms with Crippen molar-refractivity contribution < 1.29 is 0 Å². The van der Waals surface area contributed by atoms with Gasteiger partial charge >= 0.3 is 0 Å². The number of benzene rings is 1. The van der Waals surface area contributed by atoms with Crippen LogP contribution in [0.5, 0.6) is 0 Å². The van der Waals surface area contributed by atoms with Crippen LogP contribution in [0, 0.1) is 13.8 Å². The zero-order chi connectivity index (χ0) is 11.0. The molecule has 1 heterocycles. The molecule has 0 radical (unpaired) electrons. The molecule has 3 nitrogen and oxygen atoms in total. The summed E-state index contributed by atoms with van der Waals surface area (Å²) in [4.78, 5) is 0. The highest BCUT2D eigenvalue weighted by Crippen LogP contribution is 2.23. The maximum absolute atomic E-state index is 5.97. The first-order valence-corrected chi connectivity index (χ1v) is 5.60. The van der Waals surface area contributed by atoms with E-state index in [4.69, 9.17) is 11.6 Å². The van der Waals surface area contributed by atoms with Gasteiger partial charge in [-0.25, -0.2) is 0 Å². The van der Waals surface area contributed by atoms with E-state index >= 15 is 0 Å². The molecule has 2 rings (SSSR count). The second-order valence-corrected chi connectivity index (χ2v) is 4.54. The second kappa shape index (κ2) is 3.94. The van der Waals surface area contributed by atoms with Gasteiger partial charge in [-0.3, -0.25) is 4.57 Å². The summed E-state index contributed by atoms with van der Waals surface area (Å²) in [5.41, 5.74) is 2.12. The van der Waals surface area contributed by atoms with Crippen LogP contribution < -0.4 is 0 Å². The number of halogens is 2. The molecule has 0 aliphatic heterocycles. The summed E-state index contributed by atoms with van der Waals surface area (Å²) in [5.74, 6) is 0.783. The predicted molar refractivity (Wildman–Crippen MR) is 63.5 cm³/mol. The molecule has 0 atom stereocenters. The third kappa shape index (κ3) is 1.92. The summed E-state index contributed by atoms with van der Waals surface area (Å²) < 4.78 is 2.87. The molecule has 0 amide bonds. The second-order valence-electron chi connectivity index (χ2n) is 3.28. The van der Waals surface area contributed by atoms with E-state index in [-0.39, 0.29) is 0 Å². The first-order chi connectivity index (χ1) is 7.09. The Morgan fingerprint density at radius 1 is 1.27 bits per heavy atom. The van der Waals surface area contributed by atoms with Crippen molar-refractivity contribution in [3.8, 4) is 5.69 Å². The number of rotatable bonds is 1. The van der Waals surface area contributed by atoms with Crippen LogP contribution in [0.1, 0.15) is 11.4 Å². The van der Waals surface area contributed by atoms with Gasteiger partial charge in [-0.15, -0.1) is 10.2 Å². The van der Waals surface area contributed by atoms with Crippen molar-refractivity contribution in [3.05, 3.63) is 39.3 Å². The Morgan fingerprint density at radius 3 is 2.53 bits per heavy atom. The number of hydrogen-bond donors (Lipinski definition) is 0. The molecule has 0 fully saturated rings. The van der Waals surface area contributed by atoms with Crippen LogP contribution in [-0.4, -0.2) is 14.8 Å². The fourth-order valence-electron chi connectivity index (χ4n) is 1.48. The molecule has 0 bridgehead atoms. The fraction of sp³-hybridized carbons (Fsp3) is 0.200. The highest BCUT2D eigenvalue weighted by molar-refractivity contribution is 9.10. The van der Waals surface area contributed by atoms with Gasteiger partial charge in [-0.05, 0) is 49.2 Å². The van der Waals surface area contributed by atoms with Gasteiger partial charge in [0, 0.05) is 4.47 Å². The van der Waals surface area contributed by atoms with Crippen LogP contribution in [-0.2, 0) is 0 Å².